The van der Waals surface area contributed by atoms with Crippen LogP contribution in [0.3, 0.4) is 0 Å². The third-order valence-electron chi connectivity index (χ3n) is 2.07. The summed E-state index contributed by atoms with van der Waals surface area (Å²) in [5.74, 6) is -0.348. The van der Waals surface area contributed by atoms with E-state index in [2.05, 4.69) is 15.9 Å². The number of aromatic nitrogens is 1. The van der Waals surface area contributed by atoms with Gasteiger partial charge in [-0.2, -0.15) is 0 Å². The predicted octanol–water partition coefficient (Wildman–Crippen LogP) is -2.71. The molecule has 1 aromatic heterocycles. The number of alkyl halides is 1. The highest BCUT2D eigenvalue weighted by molar-refractivity contribution is 9.10. The lowest BCUT2D eigenvalue weighted by Crippen LogP contribution is -3.00. The van der Waals surface area contributed by atoms with Crippen LogP contribution in [0.4, 0.5) is 5.69 Å². The van der Waals surface area contributed by atoms with Gasteiger partial charge in [-0.1, -0.05) is 15.9 Å². The minimum Gasteiger partial charge on any atom is -1.00 e. The molecule has 0 aliphatic carbocycles. The minimum atomic E-state index is -0.348. The van der Waals surface area contributed by atoms with Gasteiger partial charge in [-0.25, -0.2) is 4.57 Å². The summed E-state index contributed by atoms with van der Waals surface area (Å²) in [5, 5.41) is 0. The van der Waals surface area contributed by atoms with Gasteiger partial charge >= 0.3 is 0 Å². The number of amides is 1. The van der Waals surface area contributed by atoms with E-state index >= 15 is 0 Å². The van der Waals surface area contributed by atoms with Crippen molar-refractivity contribution in [3.63, 3.8) is 0 Å². The molecule has 0 aromatic carbocycles. The number of hydrogen-bond donors (Lipinski definition) is 1. The number of carbonyl (C=O) groups is 1. The monoisotopic (exact) mass is 351 g/mol. The lowest BCUT2D eigenvalue weighted by molar-refractivity contribution is -0.694. The average molecular weight is 353 g/mol. The van der Waals surface area contributed by atoms with Crippen molar-refractivity contribution >= 4 is 27.5 Å². The van der Waals surface area contributed by atoms with Crippen LogP contribution in [-0.2, 0) is 11.3 Å². The zero-order chi connectivity index (χ0) is 11.4. The normalized spacial score (nSPS) is 11.4. The van der Waals surface area contributed by atoms with Crippen molar-refractivity contribution in [3.8, 4) is 0 Å². The first-order valence-electron chi connectivity index (χ1n) is 4.60. The van der Waals surface area contributed by atoms with Gasteiger partial charge in [0.25, 0.3) is 0 Å². The molecule has 1 heterocycles. The number of carbonyl (C=O) groups excluding carboxylic acids is 1. The summed E-state index contributed by atoms with van der Waals surface area (Å²) >= 11 is 3.22. The topological polar surface area (TPSA) is 50.2 Å². The number of primary amides is 1. The van der Waals surface area contributed by atoms with E-state index in [4.69, 9.17) is 5.73 Å². The molecule has 0 aliphatic rings. The first-order valence-corrected chi connectivity index (χ1v) is 5.52. The van der Waals surface area contributed by atoms with Crippen molar-refractivity contribution in [3.05, 3.63) is 24.5 Å². The lowest BCUT2D eigenvalue weighted by Gasteiger charge is -2.10. The highest BCUT2D eigenvalue weighted by atomic mass is 79.9. The van der Waals surface area contributed by atoms with E-state index in [1.54, 1.807) is 0 Å². The van der Waals surface area contributed by atoms with Gasteiger partial charge in [0, 0.05) is 31.9 Å². The first kappa shape index (κ1) is 15.4. The van der Waals surface area contributed by atoms with E-state index in [-0.39, 0.29) is 27.7 Å². The molecule has 4 nitrogen and oxygen atoms in total. The summed E-state index contributed by atoms with van der Waals surface area (Å²) < 4.78 is 1.91. The summed E-state index contributed by atoms with van der Waals surface area (Å²) in [6, 6.07) is 3.97. The number of hydrogen-bond acceptors (Lipinski definition) is 2. The van der Waals surface area contributed by atoms with Crippen molar-refractivity contribution in [2.45, 2.75) is 11.4 Å². The Bertz CT molecular complexity index is 340. The maximum Gasteiger partial charge on any atom is 0.237 e. The van der Waals surface area contributed by atoms with Crippen LogP contribution in [0.15, 0.2) is 24.5 Å². The van der Waals surface area contributed by atoms with Crippen LogP contribution in [0.25, 0.3) is 0 Å². The van der Waals surface area contributed by atoms with E-state index in [1.807, 2.05) is 48.1 Å². The summed E-state index contributed by atoms with van der Waals surface area (Å²) in [6.07, 6.45) is 3.85. The molecular formula is C10H15Br2N3O. The van der Waals surface area contributed by atoms with Crippen molar-refractivity contribution < 1.29 is 26.3 Å². The van der Waals surface area contributed by atoms with Crippen LogP contribution >= 0.6 is 15.9 Å². The van der Waals surface area contributed by atoms with E-state index in [0.29, 0.717) is 6.54 Å². The molecule has 1 aromatic rings. The second-order valence-corrected chi connectivity index (χ2v) is 4.62. The smallest absolute Gasteiger partial charge is 0.237 e. The van der Waals surface area contributed by atoms with Crippen molar-refractivity contribution in [1.82, 2.24) is 0 Å². The maximum absolute atomic E-state index is 10.8. The zero-order valence-electron chi connectivity index (χ0n) is 9.23. The highest BCUT2D eigenvalue weighted by Gasteiger charge is 2.16. The van der Waals surface area contributed by atoms with Crippen LogP contribution in [-0.4, -0.2) is 24.8 Å². The lowest BCUT2D eigenvalue weighted by atomic mass is 10.3. The van der Waals surface area contributed by atoms with Crippen LogP contribution in [0.5, 0.6) is 0 Å². The summed E-state index contributed by atoms with van der Waals surface area (Å²) in [4.78, 5) is 12.5. The standard InChI is InChI=1S/C10H14BrN3O.BrH/c1-13(2)8-3-5-14(6-4-8)7-9(11)10(12)15;/h3-6,9H,7H2,1-2H3,(H-,12,15);1H. The van der Waals surface area contributed by atoms with Crippen LogP contribution in [0.2, 0.25) is 0 Å². The molecule has 2 N–H and O–H groups in total. The Hall–Kier alpha value is -0.620. The van der Waals surface area contributed by atoms with Gasteiger partial charge in [-0.05, 0) is 0 Å². The number of anilines is 1. The molecule has 0 saturated heterocycles. The fraction of sp³-hybridized carbons (Fsp3) is 0.400. The zero-order valence-corrected chi connectivity index (χ0v) is 12.4. The molecule has 0 spiro atoms. The van der Waals surface area contributed by atoms with Crippen molar-refractivity contribution in [1.29, 1.82) is 0 Å². The van der Waals surface area contributed by atoms with Gasteiger partial charge in [0.1, 0.15) is 0 Å². The maximum atomic E-state index is 10.8. The van der Waals surface area contributed by atoms with Gasteiger partial charge in [0.15, 0.2) is 23.8 Å². The Labute approximate surface area is 114 Å². The molecule has 0 radical (unpaired) electrons. The van der Waals surface area contributed by atoms with E-state index in [1.165, 1.54) is 0 Å². The minimum absolute atomic E-state index is 0. The van der Waals surface area contributed by atoms with Crippen LogP contribution < -0.4 is 32.2 Å². The molecule has 0 fully saturated rings. The highest BCUT2D eigenvalue weighted by Crippen LogP contribution is 2.06. The summed E-state index contributed by atoms with van der Waals surface area (Å²) in [6.45, 7) is 0.545. The van der Waals surface area contributed by atoms with Crippen molar-refractivity contribution in [2.75, 3.05) is 19.0 Å². The van der Waals surface area contributed by atoms with Crippen LogP contribution in [0.1, 0.15) is 0 Å². The second-order valence-electron chi connectivity index (χ2n) is 3.52. The predicted molar refractivity (Wildman–Crippen MR) is 62.9 cm³/mol. The third kappa shape index (κ3) is 4.49. The Morgan fingerprint density at radius 3 is 2.38 bits per heavy atom. The number of nitrogens with zero attached hydrogens (tertiary/aromatic N) is 2. The number of rotatable bonds is 4. The average Bonchev–Trinajstić information content (AvgIpc) is 2.18. The molecule has 1 amide bonds. The largest absolute Gasteiger partial charge is 1.00 e. The van der Waals surface area contributed by atoms with Gasteiger partial charge in [-0.15, -0.1) is 0 Å². The quantitative estimate of drug-likeness (QED) is 0.473. The third-order valence-corrected chi connectivity index (χ3v) is 2.81. The number of nitrogens with two attached hydrogens (primary N) is 1. The Morgan fingerprint density at radius 2 is 2.00 bits per heavy atom. The number of halogens is 2. The molecule has 1 unspecified atom stereocenters. The van der Waals surface area contributed by atoms with Gasteiger partial charge in [-0.3, -0.25) is 4.79 Å². The van der Waals surface area contributed by atoms with E-state index in [0.717, 1.165) is 5.69 Å². The Kier molecular flexibility index (Phi) is 6.59. The summed E-state index contributed by atoms with van der Waals surface area (Å²) in [5.41, 5.74) is 6.28. The van der Waals surface area contributed by atoms with Gasteiger partial charge in [0.2, 0.25) is 5.91 Å². The van der Waals surface area contributed by atoms with Gasteiger partial charge in [0.05, 0.1) is 0 Å². The Morgan fingerprint density at radius 1 is 1.50 bits per heavy atom. The molecule has 0 aliphatic heterocycles. The fourth-order valence-electron chi connectivity index (χ4n) is 1.14. The molecule has 0 bridgehead atoms. The molecule has 90 valence electrons. The fourth-order valence-corrected chi connectivity index (χ4v) is 1.48. The SMILES string of the molecule is CN(C)c1cc[n+](CC(Br)C(N)=O)cc1.[Br-]. The Balaban J connectivity index is 0.00000225. The molecule has 1 atom stereocenters. The molecule has 6 heteroatoms. The number of pyridine rings is 1. The summed E-state index contributed by atoms with van der Waals surface area (Å²) in [7, 11) is 3.97. The molecule has 16 heavy (non-hydrogen) atoms. The molecule has 1 rings (SSSR count). The molecule has 0 saturated carbocycles. The van der Waals surface area contributed by atoms with Crippen molar-refractivity contribution in [2.24, 2.45) is 5.73 Å². The van der Waals surface area contributed by atoms with E-state index in [9.17, 15) is 4.79 Å². The first-order chi connectivity index (χ1) is 7.00. The van der Waals surface area contributed by atoms with Gasteiger partial charge < -0.3 is 27.6 Å². The van der Waals surface area contributed by atoms with E-state index < -0.39 is 0 Å². The van der Waals surface area contributed by atoms with Crippen LogP contribution in [0, 0.1) is 0 Å². The second kappa shape index (κ2) is 6.85. The molecular weight excluding hydrogens is 338 g/mol.